The van der Waals surface area contributed by atoms with Crippen LogP contribution in [0, 0.1) is 0 Å². The van der Waals surface area contributed by atoms with Gasteiger partial charge in [-0.05, 0) is 13.8 Å². The summed E-state index contributed by atoms with van der Waals surface area (Å²) in [7, 11) is 0. The van der Waals surface area contributed by atoms with Gasteiger partial charge >= 0.3 is 0 Å². The lowest BCUT2D eigenvalue weighted by Crippen LogP contribution is -2.71. The van der Waals surface area contributed by atoms with Gasteiger partial charge in [0.05, 0.1) is 44.7 Å². The van der Waals surface area contributed by atoms with Crippen molar-refractivity contribution in [2.75, 3.05) is 26.4 Å². The molecule has 1 unspecified atom stereocenters. The number of hydrogen-bond acceptors (Lipinski definition) is 29. The molecule has 6 fully saturated rings. The average Bonchev–Trinajstić information content (AvgIpc) is 3.31. The van der Waals surface area contributed by atoms with Crippen LogP contribution in [-0.2, 0) is 56.9 Å². The molecular formula is C38H66N2O28. The molecule has 30 atom stereocenters. The first-order valence-electron chi connectivity index (χ1n) is 21.9. The van der Waals surface area contributed by atoms with Crippen molar-refractivity contribution >= 4 is 5.91 Å². The van der Waals surface area contributed by atoms with Crippen molar-refractivity contribution in [1.29, 1.82) is 0 Å². The highest BCUT2D eigenvalue weighted by molar-refractivity contribution is 5.73. The maximum Gasteiger partial charge on any atom is 0.217 e. The van der Waals surface area contributed by atoms with Gasteiger partial charge in [0.2, 0.25) is 5.91 Å². The van der Waals surface area contributed by atoms with Gasteiger partial charge in [-0.25, -0.2) is 0 Å². The van der Waals surface area contributed by atoms with Gasteiger partial charge in [0.25, 0.3) is 0 Å². The predicted molar refractivity (Wildman–Crippen MR) is 210 cm³/mol. The highest BCUT2D eigenvalue weighted by Gasteiger charge is 2.59. The fourth-order valence-electron chi connectivity index (χ4n) is 8.81. The van der Waals surface area contributed by atoms with Gasteiger partial charge in [-0.15, -0.1) is 0 Å². The van der Waals surface area contributed by atoms with Gasteiger partial charge in [0, 0.05) is 6.92 Å². The Labute approximate surface area is 386 Å². The largest absolute Gasteiger partial charge is 0.394 e. The monoisotopic (exact) mass is 998 g/mol. The van der Waals surface area contributed by atoms with Crippen molar-refractivity contribution < 1.29 is 139 Å². The summed E-state index contributed by atoms with van der Waals surface area (Å²) in [4.78, 5) is 13.1. The molecule has 30 nitrogen and oxygen atoms in total. The van der Waals surface area contributed by atoms with E-state index in [1.54, 1.807) is 0 Å². The molecule has 30 heteroatoms. The van der Waals surface area contributed by atoms with Gasteiger partial charge in [0.1, 0.15) is 128 Å². The van der Waals surface area contributed by atoms with Crippen LogP contribution in [-0.4, -0.2) is 298 Å². The zero-order valence-electron chi connectivity index (χ0n) is 36.8. The predicted octanol–water partition coefficient (Wildman–Crippen LogP) is -11.9. The van der Waals surface area contributed by atoms with E-state index in [9.17, 15) is 86.5 Å². The Morgan fingerprint density at radius 3 is 1.38 bits per heavy atom. The maximum atomic E-state index is 13.1. The molecule has 0 radical (unpaired) electrons. The molecule has 0 aromatic rings. The zero-order valence-corrected chi connectivity index (χ0v) is 36.8. The van der Waals surface area contributed by atoms with Crippen LogP contribution < -0.4 is 11.1 Å². The molecule has 6 aliphatic rings. The van der Waals surface area contributed by atoms with E-state index < -0.39 is 216 Å². The SMILES string of the molecule is CC(=O)N[C@H]1[C@H](O[C@@H]2[C@H](O)[C@H](O[C@H]3[C@H](O)[C@@H](N)C(O)O[C@@H]3CO)O[C@H](CO)[C@@H]2O)O[C@H](CO)[C@@H](O[C@@H]2O[C@@H](C)[C@@H](O)[C@@H](O)[C@@H]2O)[C@@H]1O[C@@H]1O[C@H](CO)[C@H](O)[C@H](O)[C@H]1O[C@@H]1O[C@@H](C)[C@@H](O)[C@@H](O)[C@@H]1O. The van der Waals surface area contributed by atoms with Crippen molar-refractivity contribution in [3.05, 3.63) is 0 Å². The number of hydrogen-bond donors (Lipinski definition) is 18. The molecular weight excluding hydrogens is 932 g/mol. The van der Waals surface area contributed by atoms with Crippen molar-refractivity contribution in [1.82, 2.24) is 5.32 Å². The first-order valence-corrected chi connectivity index (χ1v) is 21.9. The van der Waals surface area contributed by atoms with Crippen LogP contribution in [0.5, 0.6) is 0 Å². The number of aliphatic hydroxyl groups excluding tert-OH is 16. The molecule has 0 aromatic heterocycles. The summed E-state index contributed by atoms with van der Waals surface area (Å²) in [6.07, 6.45) is -51.0. The van der Waals surface area contributed by atoms with E-state index in [1.807, 2.05) is 0 Å². The van der Waals surface area contributed by atoms with Crippen LogP contribution in [0.3, 0.4) is 0 Å². The molecule has 6 aliphatic heterocycles. The number of amides is 1. The number of aliphatic hydroxyl groups is 16. The molecule has 0 aliphatic carbocycles. The lowest BCUT2D eigenvalue weighted by atomic mass is 9.93. The molecule has 0 aromatic carbocycles. The van der Waals surface area contributed by atoms with Gasteiger partial charge in [-0.3, -0.25) is 4.79 Å². The molecule has 396 valence electrons. The minimum Gasteiger partial charge on any atom is -0.394 e. The topological polar surface area (TPSA) is 480 Å². The Hall–Kier alpha value is -1.65. The summed E-state index contributed by atoms with van der Waals surface area (Å²) < 4.78 is 64.2. The number of carbonyl (C=O) groups is 1. The zero-order chi connectivity index (χ0) is 50.2. The molecule has 0 bridgehead atoms. The Balaban J connectivity index is 1.39. The molecule has 6 rings (SSSR count). The van der Waals surface area contributed by atoms with Gasteiger partial charge < -0.3 is 145 Å². The van der Waals surface area contributed by atoms with Crippen molar-refractivity contribution in [3.63, 3.8) is 0 Å². The molecule has 6 heterocycles. The Morgan fingerprint density at radius 2 is 0.853 bits per heavy atom. The summed E-state index contributed by atoms with van der Waals surface area (Å²) in [5.74, 6) is -0.883. The maximum absolute atomic E-state index is 13.1. The highest BCUT2D eigenvalue weighted by Crippen LogP contribution is 2.38. The second-order valence-electron chi connectivity index (χ2n) is 17.5. The number of nitrogens with two attached hydrogens (primary N) is 1. The number of carbonyl (C=O) groups excluding carboxylic acids is 1. The van der Waals surface area contributed by atoms with Crippen LogP contribution in [0.15, 0.2) is 0 Å². The fraction of sp³-hybridized carbons (Fsp3) is 0.974. The first-order chi connectivity index (χ1) is 32.1. The third-order valence-corrected chi connectivity index (χ3v) is 12.8. The second-order valence-corrected chi connectivity index (χ2v) is 17.5. The van der Waals surface area contributed by atoms with Gasteiger partial charge in [-0.1, -0.05) is 0 Å². The molecule has 68 heavy (non-hydrogen) atoms. The van der Waals surface area contributed by atoms with Crippen molar-refractivity contribution in [3.8, 4) is 0 Å². The van der Waals surface area contributed by atoms with Crippen LogP contribution in [0.1, 0.15) is 20.8 Å². The van der Waals surface area contributed by atoms with Crippen LogP contribution in [0.2, 0.25) is 0 Å². The molecule has 1 amide bonds. The Bertz CT molecular complexity index is 1600. The van der Waals surface area contributed by atoms with Crippen LogP contribution >= 0.6 is 0 Å². The average molecular weight is 999 g/mol. The first kappa shape index (κ1) is 55.7. The summed E-state index contributed by atoms with van der Waals surface area (Å²) >= 11 is 0. The van der Waals surface area contributed by atoms with Crippen LogP contribution in [0.25, 0.3) is 0 Å². The smallest absolute Gasteiger partial charge is 0.217 e. The summed E-state index contributed by atoms with van der Waals surface area (Å²) in [5.41, 5.74) is 5.84. The van der Waals surface area contributed by atoms with E-state index in [2.05, 4.69) is 5.32 Å². The van der Waals surface area contributed by atoms with Gasteiger partial charge in [0.15, 0.2) is 37.7 Å². The third kappa shape index (κ3) is 11.4. The standard InChI is InChI=1S/C38H66N2O28/c1-8-17(46)22(51)25(54)35(58-8)65-29-14(7-44)63-34(67-31-20(49)12(5-42)61-37(27(31)56)64-28-13(6-43)60-33(57)15(39)21(28)50)16(40-10(3)45)30(29)66-38-32(24(53)19(48)11(4-41)62-38)68-36-26(55)23(52)18(47)9(2)59-36/h8-9,11-38,41-44,46-57H,4-7,39H2,1-3H3,(H,40,45)/t8-,9-,11+,12+,13+,14+,15+,16+,17+,18+,19-,20-,21+,22+,23+,24-,25-,26-,27-,28+,29+,30+,31-,32+,33?,34-,35-,36-,37-,38-/m0/s1. The Morgan fingerprint density at radius 1 is 0.426 bits per heavy atom. The highest BCUT2D eigenvalue weighted by atomic mass is 16.8. The van der Waals surface area contributed by atoms with Crippen molar-refractivity contribution in [2.45, 2.75) is 205 Å². The quantitative estimate of drug-likeness (QED) is 0.0724. The Kier molecular flexibility index (Phi) is 19.2. The normalized spacial score (nSPS) is 52.6. The number of rotatable bonds is 15. The minimum atomic E-state index is -2.15. The van der Waals surface area contributed by atoms with E-state index in [0.29, 0.717) is 0 Å². The molecule has 6 saturated heterocycles. The lowest BCUT2D eigenvalue weighted by Gasteiger charge is -2.52. The molecule has 0 spiro atoms. The van der Waals surface area contributed by atoms with E-state index in [0.717, 1.165) is 6.92 Å². The fourth-order valence-corrected chi connectivity index (χ4v) is 8.81. The van der Waals surface area contributed by atoms with Crippen LogP contribution in [0.4, 0.5) is 0 Å². The van der Waals surface area contributed by atoms with Crippen molar-refractivity contribution in [2.24, 2.45) is 5.73 Å². The van der Waals surface area contributed by atoms with Gasteiger partial charge in [-0.2, -0.15) is 0 Å². The van der Waals surface area contributed by atoms with E-state index in [-0.39, 0.29) is 0 Å². The molecule has 19 N–H and O–H groups in total. The molecule has 0 saturated carbocycles. The van der Waals surface area contributed by atoms with E-state index in [1.165, 1.54) is 13.8 Å². The summed E-state index contributed by atoms with van der Waals surface area (Å²) in [6, 6.07) is -3.34. The number of nitrogens with one attached hydrogen (secondary N) is 1. The van der Waals surface area contributed by atoms with E-state index in [4.69, 9.17) is 57.8 Å². The lowest BCUT2D eigenvalue weighted by molar-refractivity contribution is -0.399. The third-order valence-electron chi connectivity index (χ3n) is 12.8. The second kappa shape index (κ2) is 23.5. The minimum absolute atomic E-state index is 0.854. The summed E-state index contributed by atoms with van der Waals surface area (Å²) in [5, 5.41) is 174. The summed E-state index contributed by atoms with van der Waals surface area (Å²) in [6.45, 7) is -0.236. The number of ether oxygens (including phenoxy) is 11. The van der Waals surface area contributed by atoms with E-state index >= 15 is 0 Å².